The van der Waals surface area contributed by atoms with Crippen LogP contribution in [0.5, 0.6) is 5.75 Å². The molecule has 0 aromatic heterocycles. The molecule has 0 saturated heterocycles. The lowest BCUT2D eigenvalue weighted by Gasteiger charge is -2.19. The van der Waals surface area contributed by atoms with Gasteiger partial charge < -0.3 is 10.1 Å². The van der Waals surface area contributed by atoms with Crippen molar-refractivity contribution in [2.75, 3.05) is 6.54 Å². The molecule has 1 aromatic rings. The van der Waals surface area contributed by atoms with E-state index >= 15 is 0 Å². The highest BCUT2D eigenvalue weighted by Gasteiger charge is 2.23. The van der Waals surface area contributed by atoms with Crippen molar-refractivity contribution in [1.82, 2.24) is 5.32 Å². The van der Waals surface area contributed by atoms with Crippen LogP contribution < -0.4 is 10.1 Å². The molecule has 2 rings (SSSR count). The van der Waals surface area contributed by atoms with E-state index in [0.29, 0.717) is 6.04 Å². The van der Waals surface area contributed by atoms with Crippen molar-refractivity contribution in [3.05, 3.63) is 29.6 Å². The fourth-order valence-corrected chi connectivity index (χ4v) is 2.88. The van der Waals surface area contributed by atoms with Gasteiger partial charge in [-0.15, -0.1) is 0 Å². The molecule has 0 radical (unpaired) electrons. The molecule has 20 heavy (non-hydrogen) atoms. The zero-order valence-corrected chi connectivity index (χ0v) is 12.6. The Bertz CT molecular complexity index is 421. The molecule has 0 aliphatic carbocycles. The molecule has 2 unspecified atom stereocenters. The zero-order valence-electron chi connectivity index (χ0n) is 12.6. The summed E-state index contributed by atoms with van der Waals surface area (Å²) >= 11 is 0. The van der Waals surface area contributed by atoms with E-state index in [1.807, 2.05) is 0 Å². The Labute approximate surface area is 121 Å². The molecule has 1 heterocycles. The summed E-state index contributed by atoms with van der Waals surface area (Å²) in [7, 11) is 0. The maximum atomic E-state index is 13.2. The monoisotopic (exact) mass is 279 g/mol. The van der Waals surface area contributed by atoms with E-state index < -0.39 is 0 Å². The highest BCUT2D eigenvalue weighted by molar-refractivity contribution is 5.37. The highest BCUT2D eigenvalue weighted by Crippen LogP contribution is 2.31. The van der Waals surface area contributed by atoms with E-state index in [1.165, 1.54) is 25.3 Å². The van der Waals surface area contributed by atoms with Crippen LogP contribution in [-0.2, 0) is 6.42 Å². The Morgan fingerprint density at radius 3 is 2.90 bits per heavy atom. The average molecular weight is 279 g/mol. The zero-order chi connectivity index (χ0) is 14.4. The minimum Gasteiger partial charge on any atom is -0.490 e. The van der Waals surface area contributed by atoms with Crippen molar-refractivity contribution >= 4 is 0 Å². The van der Waals surface area contributed by atoms with Gasteiger partial charge in [0.25, 0.3) is 0 Å². The molecular weight excluding hydrogens is 253 g/mol. The number of hydrogen-bond acceptors (Lipinski definition) is 2. The number of benzene rings is 1. The second kappa shape index (κ2) is 7.63. The van der Waals surface area contributed by atoms with Gasteiger partial charge in [-0.1, -0.05) is 20.3 Å². The summed E-state index contributed by atoms with van der Waals surface area (Å²) in [5.74, 6) is 0.700. The Morgan fingerprint density at radius 2 is 2.15 bits per heavy atom. The Hall–Kier alpha value is -1.09. The normalized spacial score (nSPS) is 18.6. The summed E-state index contributed by atoms with van der Waals surface area (Å²) in [5, 5.41) is 3.61. The SMILES string of the molecule is CCCNC(CCC)CCC1Cc2cc(F)ccc2O1. The van der Waals surface area contributed by atoms with Gasteiger partial charge in [0.05, 0.1) is 0 Å². The molecule has 0 spiro atoms. The number of ether oxygens (including phenoxy) is 1. The quantitative estimate of drug-likeness (QED) is 0.774. The predicted molar refractivity (Wildman–Crippen MR) is 80.7 cm³/mol. The third-order valence-electron chi connectivity index (χ3n) is 3.92. The van der Waals surface area contributed by atoms with E-state index in [9.17, 15) is 4.39 Å². The van der Waals surface area contributed by atoms with Crippen LogP contribution in [-0.4, -0.2) is 18.7 Å². The second-order valence-corrected chi connectivity index (χ2v) is 5.71. The van der Waals surface area contributed by atoms with Crippen LogP contribution in [0.15, 0.2) is 18.2 Å². The minimum absolute atomic E-state index is 0.165. The highest BCUT2D eigenvalue weighted by atomic mass is 19.1. The smallest absolute Gasteiger partial charge is 0.123 e. The fourth-order valence-electron chi connectivity index (χ4n) is 2.88. The summed E-state index contributed by atoms with van der Waals surface area (Å²) in [4.78, 5) is 0. The molecule has 0 bridgehead atoms. The van der Waals surface area contributed by atoms with Crippen LogP contribution in [0, 0.1) is 5.82 Å². The van der Waals surface area contributed by atoms with Crippen LogP contribution in [0.2, 0.25) is 0 Å². The molecule has 0 saturated carbocycles. The van der Waals surface area contributed by atoms with Crippen molar-refractivity contribution in [1.29, 1.82) is 0 Å². The molecule has 112 valence electrons. The van der Waals surface area contributed by atoms with E-state index in [-0.39, 0.29) is 11.9 Å². The van der Waals surface area contributed by atoms with Crippen LogP contribution in [0.1, 0.15) is 51.5 Å². The first-order chi connectivity index (χ1) is 9.72. The van der Waals surface area contributed by atoms with Crippen molar-refractivity contribution in [2.45, 2.75) is 64.5 Å². The first-order valence-corrected chi connectivity index (χ1v) is 7.91. The van der Waals surface area contributed by atoms with Gasteiger partial charge in [0.1, 0.15) is 17.7 Å². The number of halogens is 1. The topological polar surface area (TPSA) is 21.3 Å². The van der Waals surface area contributed by atoms with Gasteiger partial charge in [0, 0.05) is 18.0 Å². The lowest BCUT2D eigenvalue weighted by molar-refractivity contribution is 0.209. The van der Waals surface area contributed by atoms with Crippen LogP contribution in [0.4, 0.5) is 4.39 Å². The first-order valence-electron chi connectivity index (χ1n) is 7.91. The molecular formula is C17H26FNO. The van der Waals surface area contributed by atoms with Gasteiger partial charge in [-0.25, -0.2) is 4.39 Å². The molecule has 1 aliphatic heterocycles. The van der Waals surface area contributed by atoms with E-state index in [4.69, 9.17) is 4.74 Å². The third kappa shape index (κ3) is 4.20. The lowest BCUT2D eigenvalue weighted by atomic mass is 10.0. The van der Waals surface area contributed by atoms with Crippen LogP contribution >= 0.6 is 0 Å². The second-order valence-electron chi connectivity index (χ2n) is 5.71. The van der Waals surface area contributed by atoms with Crippen molar-refractivity contribution in [2.24, 2.45) is 0 Å². The summed E-state index contributed by atoms with van der Waals surface area (Å²) < 4.78 is 19.1. The maximum absolute atomic E-state index is 13.2. The van der Waals surface area contributed by atoms with Gasteiger partial charge in [0.15, 0.2) is 0 Å². The molecule has 1 N–H and O–H groups in total. The summed E-state index contributed by atoms with van der Waals surface area (Å²) in [5.41, 5.74) is 1.02. The number of rotatable bonds is 8. The van der Waals surface area contributed by atoms with Crippen molar-refractivity contribution < 1.29 is 9.13 Å². The summed E-state index contributed by atoms with van der Waals surface area (Å²) in [6.07, 6.45) is 6.83. The largest absolute Gasteiger partial charge is 0.490 e. The third-order valence-corrected chi connectivity index (χ3v) is 3.92. The molecule has 2 atom stereocenters. The van der Waals surface area contributed by atoms with E-state index in [2.05, 4.69) is 19.2 Å². The fraction of sp³-hybridized carbons (Fsp3) is 0.647. The number of fused-ring (bicyclic) bond motifs is 1. The molecule has 0 amide bonds. The Kier molecular flexibility index (Phi) is 5.84. The molecule has 3 heteroatoms. The molecule has 1 aromatic carbocycles. The van der Waals surface area contributed by atoms with Gasteiger partial charge in [-0.3, -0.25) is 0 Å². The van der Waals surface area contributed by atoms with Crippen molar-refractivity contribution in [3.8, 4) is 5.75 Å². The molecule has 2 nitrogen and oxygen atoms in total. The Morgan fingerprint density at radius 1 is 1.30 bits per heavy atom. The average Bonchev–Trinajstić information content (AvgIpc) is 2.83. The number of nitrogens with one attached hydrogen (secondary N) is 1. The molecule has 1 aliphatic rings. The van der Waals surface area contributed by atoms with Gasteiger partial charge >= 0.3 is 0 Å². The summed E-state index contributed by atoms with van der Waals surface area (Å²) in [6, 6.07) is 5.42. The van der Waals surface area contributed by atoms with Gasteiger partial charge in [-0.2, -0.15) is 0 Å². The van der Waals surface area contributed by atoms with Gasteiger partial charge in [-0.05, 0) is 50.4 Å². The maximum Gasteiger partial charge on any atom is 0.123 e. The lowest BCUT2D eigenvalue weighted by Crippen LogP contribution is -2.31. The predicted octanol–water partition coefficient (Wildman–Crippen LogP) is 4.08. The first kappa shape index (κ1) is 15.3. The van der Waals surface area contributed by atoms with Crippen LogP contribution in [0.3, 0.4) is 0 Å². The molecule has 0 fully saturated rings. The van der Waals surface area contributed by atoms with Crippen molar-refractivity contribution in [3.63, 3.8) is 0 Å². The standard InChI is InChI=1S/C17H26FNO/c1-3-5-15(19-10-4-2)7-8-16-12-13-11-14(18)6-9-17(13)20-16/h6,9,11,15-16,19H,3-5,7-8,10,12H2,1-2H3. The van der Waals surface area contributed by atoms with Gasteiger partial charge in [0.2, 0.25) is 0 Å². The van der Waals surface area contributed by atoms with E-state index in [0.717, 1.165) is 37.1 Å². The van der Waals surface area contributed by atoms with Crippen LogP contribution in [0.25, 0.3) is 0 Å². The van der Waals surface area contributed by atoms with E-state index in [1.54, 1.807) is 12.1 Å². The summed E-state index contributed by atoms with van der Waals surface area (Å²) in [6.45, 7) is 5.51. The number of hydrogen-bond donors (Lipinski definition) is 1. The Balaban J connectivity index is 1.80. The minimum atomic E-state index is -0.165.